The van der Waals surface area contributed by atoms with Crippen LogP contribution in [0.4, 0.5) is 0 Å². The van der Waals surface area contributed by atoms with Crippen molar-refractivity contribution in [3.05, 3.63) is 35.4 Å². The lowest BCUT2D eigenvalue weighted by Gasteiger charge is -2.36. The molecule has 0 radical (unpaired) electrons. The SMILES string of the molecule is CC(C)S(=O)(=O)CCN1CCc2ccccc2C1CO. The maximum absolute atomic E-state index is 11.9. The molecular formula is C15H23NO3S. The minimum atomic E-state index is -3.03. The van der Waals surface area contributed by atoms with Gasteiger partial charge >= 0.3 is 0 Å². The Hall–Kier alpha value is -0.910. The lowest BCUT2D eigenvalue weighted by atomic mass is 9.93. The predicted octanol–water partition coefficient (Wildman–Crippen LogP) is 1.40. The number of aliphatic hydroxyl groups excluding tert-OH is 1. The van der Waals surface area contributed by atoms with Crippen LogP contribution in [0.1, 0.15) is 31.0 Å². The fourth-order valence-electron chi connectivity index (χ4n) is 2.67. The highest BCUT2D eigenvalue weighted by molar-refractivity contribution is 7.92. The van der Waals surface area contributed by atoms with Crippen LogP contribution in [0.15, 0.2) is 24.3 Å². The van der Waals surface area contributed by atoms with E-state index in [1.165, 1.54) is 5.56 Å². The molecule has 2 rings (SSSR count). The third-order valence-corrected chi connectivity index (χ3v) is 6.27. The fraction of sp³-hybridized carbons (Fsp3) is 0.600. The topological polar surface area (TPSA) is 57.6 Å². The minimum Gasteiger partial charge on any atom is -0.394 e. The molecule has 20 heavy (non-hydrogen) atoms. The first-order chi connectivity index (χ1) is 9.45. The molecule has 1 N–H and O–H groups in total. The smallest absolute Gasteiger partial charge is 0.153 e. The first kappa shape index (κ1) is 15.5. The molecule has 0 saturated carbocycles. The summed E-state index contributed by atoms with van der Waals surface area (Å²) in [5.74, 6) is 0.156. The Morgan fingerprint density at radius 3 is 2.70 bits per heavy atom. The van der Waals surface area contributed by atoms with E-state index in [0.717, 1.165) is 18.5 Å². The maximum Gasteiger partial charge on any atom is 0.153 e. The summed E-state index contributed by atoms with van der Waals surface area (Å²) >= 11 is 0. The standard InChI is InChI=1S/C15H23NO3S/c1-12(2)20(18,19)10-9-16-8-7-13-5-3-4-6-14(13)15(16)11-17/h3-6,12,15,17H,7-11H2,1-2H3. The highest BCUT2D eigenvalue weighted by atomic mass is 32.2. The molecule has 0 aliphatic carbocycles. The number of fused-ring (bicyclic) bond motifs is 1. The molecule has 0 aromatic heterocycles. The Bertz CT molecular complexity index is 554. The number of rotatable bonds is 5. The quantitative estimate of drug-likeness (QED) is 0.892. The van der Waals surface area contributed by atoms with E-state index in [2.05, 4.69) is 11.0 Å². The van der Waals surface area contributed by atoms with E-state index in [9.17, 15) is 13.5 Å². The van der Waals surface area contributed by atoms with Gasteiger partial charge in [0.2, 0.25) is 0 Å². The lowest BCUT2D eigenvalue weighted by Crippen LogP contribution is -2.40. The van der Waals surface area contributed by atoms with Gasteiger partial charge in [0.05, 0.1) is 23.7 Å². The Labute approximate surface area is 121 Å². The van der Waals surface area contributed by atoms with Crippen molar-refractivity contribution in [1.29, 1.82) is 0 Å². The normalized spacial score (nSPS) is 20.1. The molecular weight excluding hydrogens is 274 g/mol. The zero-order valence-corrected chi connectivity index (χ0v) is 12.9. The fourth-order valence-corrected chi connectivity index (χ4v) is 3.63. The minimum absolute atomic E-state index is 0.0265. The number of nitrogens with zero attached hydrogens (tertiary/aromatic N) is 1. The third-order valence-electron chi connectivity index (χ3n) is 4.08. The van der Waals surface area contributed by atoms with Crippen molar-refractivity contribution >= 4 is 9.84 Å². The first-order valence-corrected chi connectivity index (χ1v) is 8.81. The number of hydrogen-bond donors (Lipinski definition) is 1. The van der Waals surface area contributed by atoms with Crippen LogP contribution < -0.4 is 0 Å². The Kier molecular flexibility index (Phi) is 4.83. The number of aliphatic hydroxyl groups is 1. The number of sulfone groups is 1. The zero-order valence-electron chi connectivity index (χ0n) is 12.1. The Morgan fingerprint density at radius 1 is 1.35 bits per heavy atom. The van der Waals surface area contributed by atoms with Gasteiger partial charge in [0.15, 0.2) is 9.84 Å². The van der Waals surface area contributed by atoms with Crippen molar-refractivity contribution in [2.75, 3.05) is 25.4 Å². The van der Waals surface area contributed by atoms with Crippen molar-refractivity contribution in [3.8, 4) is 0 Å². The van der Waals surface area contributed by atoms with Gasteiger partial charge in [-0.3, -0.25) is 4.90 Å². The summed E-state index contributed by atoms with van der Waals surface area (Å²) in [7, 11) is -3.03. The summed E-state index contributed by atoms with van der Waals surface area (Å²) in [6.07, 6.45) is 0.911. The molecule has 112 valence electrons. The monoisotopic (exact) mass is 297 g/mol. The van der Waals surface area contributed by atoms with Gasteiger partial charge in [-0.15, -0.1) is 0 Å². The van der Waals surface area contributed by atoms with Gasteiger partial charge in [-0.05, 0) is 31.4 Å². The van der Waals surface area contributed by atoms with Crippen molar-refractivity contribution in [3.63, 3.8) is 0 Å². The van der Waals surface area contributed by atoms with Crippen LogP contribution in [0.5, 0.6) is 0 Å². The summed E-state index contributed by atoms with van der Waals surface area (Å²) in [6.45, 7) is 4.74. The lowest BCUT2D eigenvalue weighted by molar-refractivity contribution is 0.120. The van der Waals surface area contributed by atoms with Crippen LogP contribution in [-0.4, -0.2) is 49.1 Å². The second kappa shape index (κ2) is 6.24. The largest absolute Gasteiger partial charge is 0.394 e. The van der Waals surface area contributed by atoms with Crippen LogP contribution in [0.25, 0.3) is 0 Å². The number of benzene rings is 1. The van der Waals surface area contributed by atoms with E-state index in [0.29, 0.717) is 6.54 Å². The Balaban J connectivity index is 2.11. The average Bonchev–Trinajstić information content (AvgIpc) is 2.44. The van der Waals surface area contributed by atoms with Crippen molar-refractivity contribution in [2.45, 2.75) is 31.6 Å². The molecule has 0 amide bonds. The molecule has 0 spiro atoms. The molecule has 1 aliphatic rings. The van der Waals surface area contributed by atoms with E-state index < -0.39 is 9.84 Å². The molecule has 1 aromatic carbocycles. The molecule has 0 bridgehead atoms. The van der Waals surface area contributed by atoms with E-state index in [1.807, 2.05) is 18.2 Å². The maximum atomic E-state index is 11.9. The van der Waals surface area contributed by atoms with Crippen molar-refractivity contribution < 1.29 is 13.5 Å². The zero-order chi connectivity index (χ0) is 14.8. The molecule has 1 aliphatic heterocycles. The molecule has 1 aromatic rings. The highest BCUT2D eigenvalue weighted by Gasteiger charge is 2.28. The highest BCUT2D eigenvalue weighted by Crippen LogP contribution is 2.29. The van der Waals surface area contributed by atoms with Crippen molar-refractivity contribution in [2.24, 2.45) is 0 Å². The predicted molar refractivity (Wildman–Crippen MR) is 80.5 cm³/mol. The van der Waals surface area contributed by atoms with Crippen LogP contribution in [-0.2, 0) is 16.3 Å². The molecule has 0 saturated heterocycles. The second-order valence-corrected chi connectivity index (χ2v) is 8.28. The average molecular weight is 297 g/mol. The number of hydrogen-bond acceptors (Lipinski definition) is 4. The van der Waals surface area contributed by atoms with Gasteiger partial charge in [0.25, 0.3) is 0 Å². The summed E-state index contributed by atoms with van der Waals surface area (Å²) in [5.41, 5.74) is 2.39. The Morgan fingerprint density at radius 2 is 2.05 bits per heavy atom. The molecule has 0 fully saturated rings. The van der Waals surface area contributed by atoms with E-state index >= 15 is 0 Å². The van der Waals surface area contributed by atoms with Gasteiger partial charge in [-0.25, -0.2) is 8.42 Å². The first-order valence-electron chi connectivity index (χ1n) is 7.10. The van der Waals surface area contributed by atoms with Gasteiger partial charge in [0, 0.05) is 13.1 Å². The van der Waals surface area contributed by atoms with Gasteiger partial charge < -0.3 is 5.11 Å². The van der Waals surface area contributed by atoms with Crippen LogP contribution >= 0.6 is 0 Å². The van der Waals surface area contributed by atoms with Gasteiger partial charge in [-0.1, -0.05) is 24.3 Å². The summed E-state index contributed by atoms with van der Waals surface area (Å²) in [4.78, 5) is 2.09. The van der Waals surface area contributed by atoms with Crippen molar-refractivity contribution in [1.82, 2.24) is 4.90 Å². The molecule has 1 unspecified atom stereocenters. The third kappa shape index (κ3) is 3.22. The summed E-state index contributed by atoms with van der Waals surface area (Å²) < 4.78 is 23.8. The second-order valence-electron chi connectivity index (χ2n) is 5.60. The summed E-state index contributed by atoms with van der Waals surface area (Å²) in [6, 6.07) is 8.00. The molecule has 4 nitrogen and oxygen atoms in total. The van der Waals surface area contributed by atoms with E-state index in [1.54, 1.807) is 13.8 Å². The molecule has 1 heterocycles. The van der Waals surface area contributed by atoms with E-state index in [4.69, 9.17) is 0 Å². The molecule has 1 atom stereocenters. The van der Waals surface area contributed by atoms with Crippen LogP contribution in [0, 0.1) is 0 Å². The van der Waals surface area contributed by atoms with E-state index in [-0.39, 0.29) is 23.7 Å². The van der Waals surface area contributed by atoms with Crippen LogP contribution in [0.3, 0.4) is 0 Å². The van der Waals surface area contributed by atoms with Gasteiger partial charge in [0.1, 0.15) is 0 Å². The summed E-state index contributed by atoms with van der Waals surface area (Å²) in [5, 5.41) is 9.32. The molecule has 5 heteroatoms. The van der Waals surface area contributed by atoms with Gasteiger partial charge in [-0.2, -0.15) is 0 Å². The van der Waals surface area contributed by atoms with Crippen LogP contribution in [0.2, 0.25) is 0 Å².